The number of oxime groups is 1. The number of halogens is 1. The Morgan fingerprint density at radius 2 is 1.87 bits per heavy atom. The summed E-state index contributed by atoms with van der Waals surface area (Å²) >= 11 is 3.30. The van der Waals surface area contributed by atoms with Gasteiger partial charge in [-0.15, -0.1) is 0 Å². The second kappa shape index (κ2) is 10.4. The summed E-state index contributed by atoms with van der Waals surface area (Å²) in [6, 6.07) is 15.0. The molecule has 0 N–H and O–H groups in total. The summed E-state index contributed by atoms with van der Waals surface area (Å²) in [6.07, 6.45) is 1.39. The third-order valence-corrected chi connectivity index (χ3v) is 4.50. The van der Waals surface area contributed by atoms with Crippen LogP contribution in [0.5, 0.6) is 11.5 Å². The van der Waals surface area contributed by atoms with Crippen molar-refractivity contribution in [2.75, 3.05) is 14.2 Å². The van der Waals surface area contributed by atoms with Crippen molar-refractivity contribution in [2.45, 2.75) is 6.61 Å². The molecular formula is C22H18BrNO7. The monoisotopic (exact) mass is 487 g/mol. The molecule has 0 saturated heterocycles. The highest BCUT2D eigenvalue weighted by atomic mass is 79.9. The van der Waals surface area contributed by atoms with Crippen molar-refractivity contribution < 1.29 is 33.1 Å². The zero-order valence-electron chi connectivity index (χ0n) is 16.7. The number of benzene rings is 2. The maximum absolute atomic E-state index is 12.0. The molecule has 0 unspecified atom stereocenters. The fourth-order valence-electron chi connectivity index (χ4n) is 2.50. The normalized spacial score (nSPS) is 10.7. The van der Waals surface area contributed by atoms with Gasteiger partial charge in [0, 0.05) is 10.0 Å². The highest BCUT2D eigenvalue weighted by Crippen LogP contribution is 2.28. The van der Waals surface area contributed by atoms with Crippen LogP contribution in [-0.4, -0.2) is 32.4 Å². The molecule has 160 valence electrons. The predicted molar refractivity (Wildman–Crippen MR) is 115 cm³/mol. The van der Waals surface area contributed by atoms with Crippen molar-refractivity contribution in [3.8, 4) is 11.5 Å². The van der Waals surface area contributed by atoms with Gasteiger partial charge in [-0.2, -0.15) is 0 Å². The van der Waals surface area contributed by atoms with E-state index in [0.717, 1.165) is 4.47 Å². The number of nitrogens with zero attached hydrogens (tertiary/aromatic N) is 1. The molecule has 2 aromatic carbocycles. The first-order valence-electron chi connectivity index (χ1n) is 8.98. The van der Waals surface area contributed by atoms with Crippen LogP contribution in [0.15, 0.2) is 68.6 Å². The Labute approximate surface area is 186 Å². The number of carbonyl (C=O) groups excluding carboxylic acids is 2. The van der Waals surface area contributed by atoms with E-state index in [1.54, 1.807) is 48.5 Å². The van der Waals surface area contributed by atoms with E-state index in [4.69, 9.17) is 18.7 Å². The molecule has 0 aliphatic carbocycles. The molecule has 0 aliphatic rings. The van der Waals surface area contributed by atoms with Crippen LogP contribution < -0.4 is 9.47 Å². The van der Waals surface area contributed by atoms with Gasteiger partial charge < -0.3 is 23.5 Å². The maximum atomic E-state index is 12.0. The van der Waals surface area contributed by atoms with Crippen LogP contribution in [0.2, 0.25) is 0 Å². The number of carbonyl (C=O) groups is 2. The molecule has 3 aromatic rings. The van der Waals surface area contributed by atoms with Gasteiger partial charge in [-0.1, -0.05) is 27.2 Å². The van der Waals surface area contributed by atoms with Crippen LogP contribution >= 0.6 is 15.9 Å². The van der Waals surface area contributed by atoms with Crippen LogP contribution in [0.1, 0.15) is 32.2 Å². The molecule has 1 aromatic heterocycles. The molecule has 0 radical (unpaired) electrons. The third kappa shape index (κ3) is 5.95. The third-order valence-electron chi connectivity index (χ3n) is 4.00. The number of hydrogen-bond donors (Lipinski definition) is 0. The molecule has 1 heterocycles. The summed E-state index contributed by atoms with van der Waals surface area (Å²) in [7, 11) is 2.77. The van der Waals surface area contributed by atoms with Gasteiger partial charge in [-0.05, 0) is 48.5 Å². The standard InChI is InChI=1S/C22H18BrNO7/c1-27-20-10-14(12-24-31-21(25)15-4-3-5-16(23)11-15)6-8-18(20)29-13-17-7-9-19(30-17)22(26)28-2/h3-12H,13H2,1-2H3/b24-12+. The molecule has 0 aliphatic heterocycles. The summed E-state index contributed by atoms with van der Waals surface area (Å²) in [5.74, 6) is 0.315. The number of methoxy groups -OCH3 is 2. The van der Waals surface area contributed by atoms with E-state index in [1.165, 1.54) is 26.5 Å². The van der Waals surface area contributed by atoms with Crippen LogP contribution in [0, 0.1) is 0 Å². The minimum Gasteiger partial charge on any atom is -0.493 e. The largest absolute Gasteiger partial charge is 0.493 e. The van der Waals surface area contributed by atoms with Crippen LogP contribution in [0.3, 0.4) is 0 Å². The Morgan fingerprint density at radius 1 is 1.03 bits per heavy atom. The first-order chi connectivity index (χ1) is 15.0. The molecule has 0 spiro atoms. The Hall–Kier alpha value is -3.59. The predicted octanol–water partition coefficient (Wildman–Crippen LogP) is 4.61. The van der Waals surface area contributed by atoms with E-state index >= 15 is 0 Å². The fraction of sp³-hybridized carbons (Fsp3) is 0.136. The summed E-state index contributed by atoms with van der Waals surface area (Å²) in [5.41, 5.74) is 1.01. The number of furan rings is 1. The summed E-state index contributed by atoms with van der Waals surface area (Å²) in [4.78, 5) is 28.4. The fourth-order valence-corrected chi connectivity index (χ4v) is 2.90. The molecule has 0 bridgehead atoms. The van der Waals surface area contributed by atoms with Crippen molar-refractivity contribution in [1.29, 1.82) is 0 Å². The lowest BCUT2D eigenvalue weighted by molar-refractivity contribution is 0.0517. The topological polar surface area (TPSA) is 96.6 Å². The van der Waals surface area contributed by atoms with Crippen LogP contribution in [-0.2, 0) is 16.2 Å². The lowest BCUT2D eigenvalue weighted by Crippen LogP contribution is -2.01. The first-order valence-corrected chi connectivity index (χ1v) is 9.77. The van der Waals surface area contributed by atoms with Gasteiger partial charge in [0.1, 0.15) is 12.4 Å². The molecule has 9 heteroatoms. The van der Waals surface area contributed by atoms with Crippen molar-refractivity contribution in [3.05, 3.63) is 81.7 Å². The van der Waals surface area contributed by atoms with Crippen molar-refractivity contribution in [2.24, 2.45) is 5.16 Å². The van der Waals surface area contributed by atoms with E-state index < -0.39 is 11.9 Å². The van der Waals surface area contributed by atoms with E-state index in [0.29, 0.717) is 28.4 Å². The summed E-state index contributed by atoms with van der Waals surface area (Å²) in [5, 5.41) is 3.73. The highest BCUT2D eigenvalue weighted by molar-refractivity contribution is 9.10. The highest BCUT2D eigenvalue weighted by Gasteiger charge is 2.13. The van der Waals surface area contributed by atoms with Crippen LogP contribution in [0.25, 0.3) is 0 Å². The molecule has 0 fully saturated rings. The number of hydrogen-bond acceptors (Lipinski definition) is 8. The SMILES string of the molecule is COC(=O)c1ccc(COc2ccc(/C=N/OC(=O)c3cccc(Br)c3)cc2OC)o1. The van der Waals surface area contributed by atoms with Gasteiger partial charge >= 0.3 is 11.9 Å². The quantitative estimate of drug-likeness (QED) is 0.198. The zero-order valence-corrected chi connectivity index (χ0v) is 18.2. The van der Waals surface area contributed by atoms with Gasteiger partial charge in [0.05, 0.1) is 26.0 Å². The van der Waals surface area contributed by atoms with E-state index in [-0.39, 0.29) is 12.4 Å². The molecule has 0 atom stereocenters. The molecule has 31 heavy (non-hydrogen) atoms. The smallest absolute Gasteiger partial charge is 0.373 e. The van der Waals surface area contributed by atoms with Gasteiger partial charge in [0.25, 0.3) is 0 Å². The zero-order chi connectivity index (χ0) is 22.2. The first kappa shape index (κ1) is 22.1. The Morgan fingerprint density at radius 3 is 2.61 bits per heavy atom. The lowest BCUT2D eigenvalue weighted by atomic mass is 10.2. The Bertz CT molecular complexity index is 1110. The number of rotatable bonds is 8. The second-order valence-corrected chi connectivity index (χ2v) is 7.00. The van der Waals surface area contributed by atoms with Crippen LogP contribution in [0.4, 0.5) is 0 Å². The van der Waals surface area contributed by atoms with E-state index in [1.807, 2.05) is 0 Å². The van der Waals surface area contributed by atoms with E-state index in [9.17, 15) is 9.59 Å². The molecular weight excluding hydrogens is 470 g/mol. The average Bonchev–Trinajstić information content (AvgIpc) is 3.26. The Kier molecular flexibility index (Phi) is 7.45. The lowest BCUT2D eigenvalue weighted by Gasteiger charge is -2.10. The summed E-state index contributed by atoms with van der Waals surface area (Å²) in [6.45, 7) is 0.0883. The minimum absolute atomic E-state index is 0.0883. The maximum Gasteiger partial charge on any atom is 0.373 e. The van der Waals surface area contributed by atoms with E-state index in [2.05, 4.69) is 25.8 Å². The van der Waals surface area contributed by atoms with Crippen molar-refractivity contribution in [1.82, 2.24) is 0 Å². The number of ether oxygens (including phenoxy) is 3. The molecule has 0 saturated carbocycles. The van der Waals surface area contributed by atoms with Crippen molar-refractivity contribution >= 4 is 34.1 Å². The van der Waals surface area contributed by atoms with Gasteiger partial charge in [0.2, 0.25) is 5.76 Å². The molecule has 8 nitrogen and oxygen atoms in total. The average molecular weight is 488 g/mol. The van der Waals surface area contributed by atoms with Gasteiger partial charge in [-0.25, -0.2) is 9.59 Å². The second-order valence-electron chi connectivity index (χ2n) is 6.08. The number of esters is 1. The van der Waals surface area contributed by atoms with Gasteiger partial charge in [0.15, 0.2) is 11.5 Å². The van der Waals surface area contributed by atoms with Crippen molar-refractivity contribution in [3.63, 3.8) is 0 Å². The van der Waals surface area contributed by atoms with Gasteiger partial charge in [-0.3, -0.25) is 0 Å². The minimum atomic E-state index is -0.575. The Balaban J connectivity index is 1.61. The molecule has 3 rings (SSSR count). The summed E-state index contributed by atoms with van der Waals surface area (Å²) < 4.78 is 21.8. The molecule has 0 amide bonds.